The van der Waals surface area contributed by atoms with Crippen LogP contribution in [0.2, 0.25) is 0 Å². The van der Waals surface area contributed by atoms with E-state index in [1.165, 1.54) is 17.8 Å². The molecule has 3 atom stereocenters. The van der Waals surface area contributed by atoms with Gasteiger partial charge in [0, 0.05) is 19.7 Å². The average Bonchev–Trinajstić information content (AvgIpc) is 2.80. The molecule has 2 rings (SSSR count). The third kappa shape index (κ3) is 2.73. The summed E-state index contributed by atoms with van der Waals surface area (Å²) < 4.78 is 9.37. The Bertz CT molecular complexity index is 636. The van der Waals surface area contributed by atoms with Crippen molar-refractivity contribution < 1.29 is 14.9 Å². The monoisotopic (exact) mass is 394 g/mol. The molecule has 20 heavy (non-hydrogen) atoms. The molecule has 0 aromatic carbocycles. The predicted octanol–water partition coefficient (Wildman–Crippen LogP) is -0.407. The summed E-state index contributed by atoms with van der Waals surface area (Å²) in [5, 5.41) is 18.8. The van der Waals surface area contributed by atoms with Gasteiger partial charge in [-0.15, -0.1) is 0 Å². The molecule has 0 aliphatic carbocycles. The lowest BCUT2D eigenvalue weighted by Gasteiger charge is -2.16. The van der Waals surface area contributed by atoms with Gasteiger partial charge < -0.3 is 14.9 Å². The highest BCUT2D eigenvalue weighted by atomic mass is 127. The molecule has 7 nitrogen and oxygen atoms in total. The van der Waals surface area contributed by atoms with Crippen molar-refractivity contribution in [1.29, 1.82) is 0 Å². The zero-order chi connectivity index (χ0) is 14.9. The van der Waals surface area contributed by atoms with Gasteiger partial charge in [0.15, 0.2) is 0 Å². The van der Waals surface area contributed by atoms with Crippen LogP contribution in [0.15, 0.2) is 19.9 Å². The van der Waals surface area contributed by atoms with Crippen molar-refractivity contribution in [2.45, 2.75) is 24.9 Å². The summed E-state index contributed by atoms with van der Waals surface area (Å²) in [7, 11) is 1.39. The fourth-order valence-electron chi connectivity index (χ4n) is 2.15. The first kappa shape index (κ1) is 15.4. The summed E-state index contributed by atoms with van der Waals surface area (Å²) in [6.45, 7) is -0.321. The highest BCUT2D eigenvalue weighted by molar-refractivity contribution is 14.1. The Kier molecular flexibility index (Phi) is 4.78. The van der Waals surface area contributed by atoms with Gasteiger partial charge in [0.05, 0.1) is 18.3 Å². The molecular weight excluding hydrogens is 379 g/mol. The zero-order valence-corrected chi connectivity index (χ0v) is 12.9. The first-order valence-corrected chi connectivity index (χ1v) is 7.27. The van der Waals surface area contributed by atoms with Crippen molar-refractivity contribution in [2.24, 2.45) is 7.05 Å². The Morgan fingerprint density at radius 3 is 2.80 bits per heavy atom. The first-order valence-electron chi connectivity index (χ1n) is 6.03. The second-order valence-electron chi connectivity index (χ2n) is 4.55. The molecule has 1 saturated heterocycles. The van der Waals surface area contributed by atoms with Crippen molar-refractivity contribution in [2.75, 3.05) is 6.61 Å². The van der Waals surface area contributed by atoms with Gasteiger partial charge in [0.25, 0.3) is 5.56 Å². The second-order valence-corrected chi connectivity index (χ2v) is 5.27. The third-order valence-electron chi connectivity index (χ3n) is 3.27. The minimum Gasteiger partial charge on any atom is -0.394 e. The van der Waals surface area contributed by atoms with Crippen LogP contribution in [-0.4, -0.2) is 38.2 Å². The average molecular weight is 394 g/mol. The lowest BCUT2D eigenvalue weighted by atomic mass is 10.2. The lowest BCUT2D eigenvalue weighted by molar-refractivity contribution is -0.0462. The van der Waals surface area contributed by atoms with Gasteiger partial charge in [-0.2, -0.15) is 0 Å². The third-order valence-corrected chi connectivity index (χ3v) is 3.63. The van der Waals surface area contributed by atoms with E-state index < -0.39 is 29.7 Å². The van der Waals surface area contributed by atoms with Crippen LogP contribution >= 0.6 is 22.6 Å². The number of aromatic nitrogens is 2. The Morgan fingerprint density at radius 1 is 1.55 bits per heavy atom. The number of rotatable bonds is 3. The highest BCUT2D eigenvalue weighted by Crippen LogP contribution is 2.27. The predicted molar refractivity (Wildman–Crippen MR) is 80.6 cm³/mol. The Morgan fingerprint density at radius 2 is 2.25 bits per heavy atom. The maximum absolute atomic E-state index is 12.1. The Labute approximate surface area is 128 Å². The Balaban J connectivity index is 2.48. The summed E-state index contributed by atoms with van der Waals surface area (Å²) in [5.41, 5.74) is -0.556. The maximum atomic E-state index is 12.1. The summed E-state index contributed by atoms with van der Waals surface area (Å²) in [6, 6.07) is 0. The molecule has 1 aliphatic rings. The largest absolute Gasteiger partial charge is 0.394 e. The van der Waals surface area contributed by atoms with E-state index in [1.54, 1.807) is 10.2 Å². The van der Waals surface area contributed by atoms with E-state index in [0.29, 0.717) is 5.56 Å². The van der Waals surface area contributed by atoms with E-state index in [9.17, 15) is 14.7 Å². The van der Waals surface area contributed by atoms with Crippen molar-refractivity contribution in [1.82, 2.24) is 9.13 Å². The molecule has 2 heterocycles. The van der Waals surface area contributed by atoms with Crippen LogP contribution in [0.5, 0.6) is 0 Å². The standard InChI is InChI=1S/C12H15IN2O5/c1-14-11(18)7(2-3-13)5-15(12(14)19)10-4-8(17)9(6-16)20-10/h2-3,5,8-10,16-17H,4,6H2,1H3. The zero-order valence-electron chi connectivity index (χ0n) is 10.8. The van der Waals surface area contributed by atoms with E-state index in [1.807, 2.05) is 22.6 Å². The molecule has 8 heteroatoms. The van der Waals surface area contributed by atoms with Gasteiger partial charge in [-0.1, -0.05) is 22.6 Å². The SMILES string of the molecule is Cn1c(=O)c(C=CI)cn(C2CC(O)C(CO)O2)c1=O. The second kappa shape index (κ2) is 6.20. The van der Waals surface area contributed by atoms with Gasteiger partial charge in [0.1, 0.15) is 12.3 Å². The summed E-state index contributed by atoms with van der Waals surface area (Å²) in [4.78, 5) is 24.0. The smallest absolute Gasteiger partial charge is 0.332 e. The number of hydrogen-bond acceptors (Lipinski definition) is 5. The van der Waals surface area contributed by atoms with Gasteiger partial charge in [-0.25, -0.2) is 4.79 Å². The summed E-state index contributed by atoms with van der Waals surface area (Å²) in [6.07, 6.45) is 0.953. The fourth-order valence-corrected chi connectivity index (χ4v) is 2.54. The molecule has 0 saturated carbocycles. The number of aliphatic hydroxyl groups excluding tert-OH is 2. The molecule has 1 aliphatic heterocycles. The van der Waals surface area contributed by atoms with Crippen LogP contribution < -0.4 is 11.2 Å². The first-order chi connectivity index (χ1) is 9.49. The van der Waals surface area contributed by atoms with Crippen LogP contribution in [0.4, 0.5) is 0 Å². The number of halogens is 1. The molecule has 1 aromatic rings. The number of ether oxygens (including phenoxy) is 1. The summed E-state index contributed by atoms with van der Waals surface area (Å²) in [5.74, 6) is 0. The molecule has 0 amide bonds. The van der Waals surface area contributed by atoms with Crippen molar-refractivity contribution in [3.05, 3.63) is 36.7 Å². The molecule has 0 radical (unpaired) electrons. The normalized spacial score (nSPS) is 26.5. The minimum absolute atomic E-state index is 0.191. The maximum Gasteiger partial charge on any atom is 0.332 e. The highest BCUT2D eigenvalue weighted by Gasteiger charge is 2.35. The number of nitrogens with zero attached hydrogens (tertiary/aromatic N) is 2. The van der Waals surface area contributed by atoms with Crippen molar-refractivity contribution >= 4 is 28.7 Å². The quantitative estimate of drug-likeness (QED) is 0.681. The van der Waals surface area contributed by atoms with E-state index in [2.05, 4.69) is 0 Å². The molecular formula is C12H15IN2O5. The van der Waals surface area contributed by atoms with Gasteiger partial charge in [0.2, 0.25) is 0 Å². The summed E-state index contributed by atoms with van der Waals surface area (Å²) >= 11 is 1.98. The number of aliphatic hydroxyl groups is 2. The van der Waals surface area contributed by atoms with Crippen LogP contribution in [0, 0.1) is 0 Å². The van der Waals surface area contributed by atoms with Gasteiger partial charge in [-0.05, 0) is 10.2 Å². The van der Waals surface area contributed by atoms with Crippen LogP contribution in [-0.2, 0) is 11.8 Å². The molecule has 3 unspecified atom stereocenters. The van der Waals surface area contributed by atoms with Gasteiger partial charge in [-0.3, -0.25) is 13.9 Å². The van der Waals surface area contributed by atoms with E-state index >= 15 is 0 Å². The van der Waals surface area contributed by atoms with Crippen LogP contribution in [0.1, 0.15) is 18.2 Å². The minimum atomic E-state index is -0.835. The van der Waals surface area contributed by atoms with E-state index in [4.69, 9.17) is 9.84 Å². The molecule has 2 N–H and O–H groups in total. The van der Waals surface area contributed by atoms with Crippen LogP contribution in [0.3, 0.4) is 0 Å². The topological polar surface area (TPSA) is 93.7 Å². The van der Waals surface area contributed by atoms with E-state index in [0.717, 1.165) is 4.57 Å². The number of hydrogen-bond donors (Lipinski definition) is 2. The molecule has 0 bridgehead atoms. The molecule has 1 aromatic heterocycles. The van der Waals surface area contributed by atoms with Crippen molar-refractivity contribution in [3.63, 3.8) is 0 Å². The Hall–Kier alpha value is -0.970. The molecule has 1 fully saturated rings. The van der Waals surface area contributed by atoms with E-state index in [-0.39, 0.29) is 13.0 Å². The van der Waals surface area contributed by atoms with Gasteiger partial charge >= 0.3 is 5.69 Å². The van der Waals surface area contributed by atoms with Crippen molar-refractivity contribution in [3.8, 4) is 0 Å². The lowest BCUT2D eigenvalue weighted by Crippen LogP contribution is -2.40. The fraction of sp³-hybridized carbons (Fsp3) is 0.500. The van der Waals surface area contributed by atoms with Crippen LogP contribution in [0.25, 0.3) is 6.08 Å². The molecule has 110 valence electrons. The molecule has 0 spiro atoms.